The van der Waals surface area contributed by atoms with Crippen molar-refractivity contribution in [2.24, 2.45) is 11.8 Å². The van der Waals surface area contributed by atoms with Gasteiger partial charge in [0.1, 0.15) is 5.67 Å². The van der Waals surface area contributed by atoms with Gasteiger partial charge >= 0.3 is 0 Å². The van der Waals surface area contributed by atoms with Crippen LogP contribution in [0.5, 0.6) is 0 Å². The fraction of sp³-hybridized carbons (Fsp3) is 0.625. The topological polar surface area (TPSA) is 30.0 Å². The van der Waals surface area contributed by atoms with E-state index >= 15 is 0 Å². The molecule has 0 N–H and O–H groups in total. The van der Waals surface area contributed by atoms with Gasteiger partial charge in [0.2, 0.25) is 5.95 Å². The van der Waals surface area contributed by atoms with Crippen molar-refractivity contribution < 1.29 is 13.6 Å². The Morgan fingerprint density at radius 3 is 2.95 bits per heavy atom. The monoisotopic (exact) mass is 281 g/mol. The summed E-state index contributed by atoms with van der Waals surface area (Å²) >= 11 is 0. The number of alkyl halides is 1. The third kappa shape index (κ3) is 3.41. The molecule has 1 fully saturated rings. The Hall–Kier alpha value is -1.32. The Labute approximate surface area is 118 Å². The fourth-order valence-corrected chi connectivity index (χ4v) is 3.15. The van der Waals surface area contributed by atoms with Crippen LogP contribution in [-0.2, 0) is 0 Å². The van der Waals surface area contributed by atoms with Gasteiger partial charge in [0.25, 0.3) is 0 Å². The summed E-state index contributed by atoms with van der Waals surface area (Å²) in [6, 6.07) is 2.70. The second-order valence-corrected chi connectivity index (χ2v) is 5.98. The largest absolute Gasteiger partial charge is 0.294 e. The molecule has 0 bridgehead atoms. The van der Waals surface area contributed by atoms with Crippen LogP contribution >= 0.6 is 0 Å². The number of carbonyl (C=O) groups excluding carboxylic acids is 1. The standard InChI is InChI=1S/C16H21F2NO/c1-3-16(18)6-4-12(10-16)8-11(2)15(20)13-5-7-19-14(17)9-13/h5,7,9,11-12H,3-4,6,8,10H2,1-2H3. The number of ketones is 1. The van der Waals surface area contributed by atoms with Gasteiger partial charge in [-0.2, -0.15) is 4.39 Å². The number of carbonyl (C=O) groups is 1. The summed E-state index contributed by atoms with van der Waals surface area (Å²) in [7, 11) is 0. The van der Waals surface area contributed by atoms with Gasteiger partial charge in [-0.05, 0) is 44.1 Å². The highest BCUT2D eigenvalue weighted by Crippen LogP contribution is 2.42. The van der Waals surface area contributed by atoms with Crippen molar-refractivity contribution in [3.63, 3.8) is 0 Å². The van der Waals surface area contributed by atoms with Crippen molar-refractivity contribution in [2.75, 3.05) is 0 Å². The maximum Gasteiger partial charge on any atom is 0.213 e. The Balaban J connectivity index is 1.95. The molecule has 20 heavy (non-hydrogen) atoms. The molecule has 0 aliphatic heterocycles. The van der Waals surface area contributed by atoms with Gasteiger partial charge in [0.15, 0.2) is 5.78 Å². The minimum Gasteiger partial charge on any atom is -0.294 e. The second-order valence-electron chi connectivity index (χ2n) is 5.98. The zero-order chi connectivity index (χ0) is 14.8. The SMILES string of the molecule is CCC1(F)CCC(CC(C)C(=O)c2ccnc(F)c2)C1. The maximum absolute atomic E-state index is 14.2. The highest BCUT2D eigenvalue weighted by Gasteiger charge is 2.38. The van der Waals surface area contributed by atoms with Gasteiger partial charge in [-0.15, -0.1) is 0 Å². The van der Waals surface area contributed by atoms with Crippen LogP contribution in [0, 0.1) is 17.8 Å². The van der Waals surface area contributed by atoms with Crippen LogP contribution in [0.1, 0.15) is 56.3 Å². The molecule has 1 aliphatic carbocycles. The summed E-state index contributed by atoms with van der Waals surface area (Å²) in [6.45, 7) is 3.71. The zero-order valence-electron chi connectivity index (χ0n) is 12.0. The highest BCUT2D eigenvalue weighted by atomic mass is 19.1. The number of rotatable bonds is 5. The molecule has 0 aromatic carbocycles. The normalized spacial score (nSPS) is 27.5. The van der Waals surface area contributed by atoms with Gasteiger partial charge in [-0.3, -0.25) is 4.79 Å². The first-order chi connectivity index (χ1) is 9.43. The average Bonchev–Trinajstić information content (AvgIpc) is 2.80. The lowest BCUT2D eigenvalue weighted by Gasteiger charge is -2.19. The smallest absolute Gasteiger partial charge is 0.213 e. The predicted octanol–water partition coefficient (Wildman–Crippen LogP) is 4.35. The van der Waals surface area contributed by atoms with E-state index in [-0.39, 0.29) is 17.6 Å². The Morgan fingerprint density at radius 2 is 2.35 bits per heavy atom. The third-order valence-electron chi connectivity index (χ3n) is 4.43. The van der Waals surface area contributed by atoms with E-state index in [1.165, 1.54) is 18.3 Å². The van der Waals surface area contributed by atoms with Crippen molar-refractivity contribution >= 4 is 5.78 Å². The van der Waals surface area contributed by atoms with E-state index in [0.717, 1.165) is 6.42 Å². The molecule has 1 aromatic heterocycles. The molecular weight excluding hydrogens is 260 g/mol. The van der Waals surface area contributed by atoms with Crippen molar-refractivity contribution in [1.82, 2.24) is 4.98 Å². The first kappa shape index (κ1) is 15.1. The van der Waals surface area contributed by atoms with Gasteiger partial charge in [-0.25, -0.2) is 9.37 Å². The lowest BCUT2D eigenvalue weighted by Crippen LogP contribution is -2.19. The second kappa shape index (κ2) is 5.98. The van der Waals surface area contributed by atoms with Crippen LogP contribution < -0.4 is 0 Å². The van der Waals surface area contributed by atoms with Gasteiger partial charge < -0.3 is 0 Å². The zero-order valence-corrected chi connectivity index (χ0v) is 12.0. The van der Waals surface area contributed by atoms with E-state index < -0.39 is 11.6 Å². The Morgan fingerprint density at radius 1 is 1.60 bits per heavy atom. The number of hydrogen-bond donors (Lipinski definition) is 0. The number of hydrogen-bond acceptors (Lipinski definition) is 2. The van der Waals surface area contributed by atoms with Crippen molar-refractivity contribution in [3.05, 3.63) is 29.8 Å². The molecule has 3 unspecified atom stereocenters. The molecule has 0 radical (unpaired) electrons. The van der Waals surface area contributed by atoms with Crippen LogP contribution in [0.4, 0.5) is 8.78 Å². The van der Waals surface area contributed by atoms with E-state index in [9.17, 15) is 13.6 Å². The molecule has 0 amide bonds. The molecule has 1 aliphatic rings. The van der Waals surface area contributed by atoms with Crippen molar-refractivity contribution in [3.8, 4) is 0 Å². The summed E-state index contributed by atoms with van der Waals surface area (Å²) in [4.78, 5) is 15.7. The first-order valence-electron chi connectivity index (χ1n) is 7.28. The number of nitrogens with zero attached hydrogens (tertiary/aromatic N) is 1. The van der Waals surface area contributed by atoms with Gasteiger partial charge in [-0.1, -0.05) is 13.8 Å². The molecule has 1 aromatic rings. The van der Waals surface area contributed by atoms with Crippen molar-refractivity contribution in [1.29, 1.82) is 0 Å². The van der Waals surface area contributed by atoms with Crippen molar-refractivity contribution in [2.45, 2.75) is 51.6 Å². The summed E-state index contributed by atoms with van der Waals surface area (Å²) in [5.41, 5.74) is -0.694. The summed E-state index contributed by atoms with van der Waals surface area (Å²) in [5, 5.41) is 0. The van der Waals surface area contributed by atoms with Gasteiger partial charge in [0.05, 0.1) is 0 Å². The van der Waals surface area contributed by atoms with Crippen LogP contribution in [0.25, 0.3) is 0 Å². The summed E-state index contributed by atoms with van der Waals surface area (Å²) < 4.78 is 27.2. The van der Waals surface area contributed by atoms with Crippen LogP contribution in [-0.4, -0.2) is 16.4 Å². The molecule has 1 heterocycles. The van der Waals surface area contributed by atoms with E-state index in [0.29, 0.717) is 31.2 Å². The van der Waals surface area contributed by atoms with E-state index in [1.54, 1.807) is 0 Å². The lowest BCUT2D eigenvalue weighted by molar-refractivity contribution is 0.0905. The molecule has 1 saturated carbocycles. The number of aromatic nitrogens is 1. The molecule has 110 valence electrons. The van der Waals surface area contributed by atoms with E-state index in [1.807, 2.05) is 13.8 Å². The fourth-order valence-electron chi connectivity index (χ4n) is 3.15. The molecule has 0 spiro atoms. The molecule has 2 nitrogen and oxygen atoms in total. The quantitative estimate of drug-likeness (QED) is 0.593. The predicted molar refractivity (Wildman–Crippen MR) is 73.8 cm³/mol. The number of pyridine rings is 1. The molecule has 3 atom stereocenters. The molecule has 0 saturated heterocycles. The molecule has 4 heteroatoms. The molecular formula is C16H21F2NO. The van der Waals surface area contributed by atoms with Crippen LogP contribution in [0.2, 0.25) is 0 Å². The number of Topliss-reactive ketones (excluding diaryl/α,β-unsaturated/α-hetero) is 1. The lowest BCUT2D eigenvalue weighted by atomic mass is 9.88. The minimum atomic E-state index is -1.05. The Kier molecular flexibility index (Phi) is 4.51. The van der Waals surface area contributed by atoms with Crippen LogP contribution in [0.3, 0.4) is 0 Å². The van der Waals surface area contributed by atoms with Crippen LogP contribution in [0.15, 0.2) is 18.3 Å². The Bertz CT molecular complexity index is 491. The van der Waals surface area contributed by atoms with Gasteiger partial charge in [0, 0.05) is 23.7 Å². The summed E-state index contributed by atoms with van der Waals surface area (Å²) in [6.07, 6.45) is 4.50. The van der Waals surface area contributed by atoms with E-state index in [4.69, 9.17) is 0 Å². The maximum atomic E-state index is 14.2. The third-order valence-corrected chi connectivity index (χ3v) is 4.43. The average molecular weight is 281 g/mol. The van der Waals surface area contributed by atoms with E-state index in [2.05, 4.69) is 4.98 Å². The highest BCUT2D eigenvalue weighted by molar-refractivity contribution is 5.97. The minimum absolute atomic E-state index is 0.0841. The molecule has 2 rings (SSSR count). The summed E-state index contributed by atoms with van der Waals surface area (Å²) in [5.74, 6) is -0.677. The number of halogens is 2. The first-order valence-corrected chi connectivity index (χ1v) is 7.28.